The van der Waals surface area contributed by atoms with Gasteiger partial charge in [-0.3, -0.25) is 18.5 Å². The van der Waals surface area contributed by atoms with Crippen LogP contribution in [-0.2, 0) is 12.6 Å². The molecule has 608 valence electrons. The number of carbonyl (C=O) groups is 1. The Morgan fingerprint density at radius 2 is 0.853 bits per heavy atom. The van der Waals surface area contributed by atoms with Crippen LogP contribution in [0.15, 0.2) is 189 Å². The second-order valence-corrected chi connectivity index (χ2v) is 28.2. The number of methoxy groups -OCH3 is 1. The van der Waals surface area contributed by atoms with Gasteiger partial charge in [0.1, 0.15) is 59.6 Å². The van der Waals surface area contributed by atoms with Crippen molar-refractivity contribution in [2.24, 2.45) is 0 Å². The minimum Gasteiger partial charge on any atom is -0.497 e. The van der Waals surface area contributed by atoms with Crippen LogP contribution in [0.25, 0.3) is 50.6 Å². The van der Waals surface area contributed by atoms with E-state index in [9.17, 15) is 18.0 Å². The highest BCUT2D eigenvalue weighted by Crippen LogP contribution is 2.35. The van der Waals surface area contributed by atoms with E-state index in [4.69, 9.17) is 19.7 Å². The lowest BCUT2D eigenvalue weighted by Crippen LogP contribution is -2.24. The second kappa shape index (κ2) is 41.8. The number of alkyl halides is 3. The van der Waals surface area contributed by atoms with Crippen LogP contribution in [0, 0.1) is 20.8 Å². The number of carbonyl (C=O) groups excluding carboxylic acids is 1. The Kier molecular flexibility index (Phi) is 30.6. The van der Waals surface area contributed by atoms with Crippen LogP contribution in [0.5, 0.6) is 5.75 Å². The first-order valence-corrected chi connectivity index (χ1v) is 40.3. The number of unbranched alkanes of at least 4 members (excludes halogenated alkanes) is 3. The van der Waals surface area contributed by atoms with Gasteiger partial charge in [-0.1, -0.05) is 109 Å². The van der Waals surface area contributed by atoms with Crippen molar-refractivity contribution in [3.8, 4) is 23.2 Å². The minimum absolute atomic E-state index is 0.0498. The Bertz CT molecular complexity index is 5320. The molecule has 27 heteroatoms. The van der Waals surface area contributed by atoms with Crippen molar-refractivity contribution in [2.45, 2.75) is 120 Å². The fraction of sp³-hybridized carbons (Fsp3) is 0.348. The Balaban J connectivity index is 0.000000174. The molecule has 0 bridgehead atoms. The molecule has 0 saturated carbocycles. The maximum atomic E-state index is 13.2. The number of amides is 1. The topological polar surface area (TPSA) is 251 Å². The SMILES string of the molecule is CCN(CC)CCCCNc1cc(-n2c(Nc3cc(C(=O)Nc4cccc(C(F)(F)F)c4)ccc3C)nc3ccccc32)ncn1.CCN(CC)CCCCNc1cc(-n2c(Nc3cc(C)cc(OC)c3)nc3ccccc32)ncn1.CCc1ccc(C)c(Nc2nc3ccccc3n2-c2cc(NCCCCN(CC)CC)ncn2)c1. The fourth-order valence-corrected chi connectivity index (χ4v) is 13.6. The lowest BCUT2D eigenvalue weighted by molar-refractivity contribution is -0.137. The normalized spacial score (nSPS) is 11.4. The Morgan fingerprint density at radius 3 is 1.28 bits per heavy atom. The van der Waals surface area contributed by atoms with Gasteiger partial charge in [-0.05, 0) is 232 Å². The Labute approximate surface area is 678 Å². The van der Waals surface area contributed by atoms with Crippen molar-refractivity contribution >= 4 is 97.1 Å². The summed E-state index contributed by atoms with van der Waals surface area (Å²) in [6, 6.07) is 51.8. The summed E-state index contributed by atoms with van der Waals surface area (Å²) in [5.41, 5.74) is 11.8. The van der Waals surface area contributed by atoms with Gasteiger partial charge in [0.25, 0.3) is 5.91 Å². The predicted molar refractivity (Wildman–Crippen MR) is 465 cm³/mol. The number of fused-ring (bicyclic) bond motifs is 3. The zero-order valence-corrected chi connectivity index (χ0v) is 68.5. The van der Waals surface area contributed by atoms with Gasteiger partial charge >= 0.3 is 6.18 Å². The number of nitrogens with zero attached hydrogens (tertiary/aromatic N) is 15. The zero-order valence-electron chi connectivity index (χ0n) is 68.5. The van der Waals surface area contributed by atoms with Crippen LogP contribution in [-0.4, -0.2) is 165 Å². The molecule has 1 amide bonds. The molecule has 0 atom stereocenters. The summed E-state index contributed by atoms with van der Waals surface area (Å²) in [5.74, 6) is 6.62. The fourth-order valence-electron chi connectivity index (χ4n) is 13.6. The molecule has 6 aromatic heterocycles. The van der Waals surface area contributed by atoms with Crippen LogP contribution in [0.2, 0.25) is 0 Å². The molecule has 0 aliphatic rings. The van der Waals surface area contributed by atoms with Crippen molar-refractivity contribution in [3.05, 3.63) is 222 Å². The number of para-hydroxylation sites is 6. The molecule has 6 heterocycles. The van der Waals surface area contributed by atoms with E-state index in [1.54, 1.807) is 38.0 Å². The third kappa shape index (κ3) is 22.9. The molecule has 0 radical (unpaired) electrons. The number of imidazole rings is 3. The smallest absolute Gasteiger partial charge is 0.416 e. The van der Waals surface area contributed by atoms with Gasteiger partial charge in [0.15, 0.2) is 0 Å². The molecule has 24 nitrogen and oxygen atoms in total. The summed E-state index contributed by atoms with van der Waals surface area (Å²) in [7, 11) is 1.67. The molecule has 13 aromatic rings. The number of aromatic nitrogens is 12. The van der Waals surface area contributed by atoms with Crippen molar-refractivity contribution in [1.29, 1.82) is 0 Å². The van der Waals surface area contributed by atoms with Gasteiger partial charge in [-0.25, -0.2) is 44.9 Å². The number of anilines is 10. The largest absolute Gasteiger partial charge is 0.497 e. The van der Waals surface area contributed by atoms with E-state index in [0.29, 0.717) is 29.2 Å². The number of hydrogen-bond donors (Lipinski definition) is 7. The number of aryl methyl sites for hydroxylation is 4. The zero-order chi connectivity index (χ0) is 81.9. The molecule has 0 unspecified atom stereocenters. The molecule has 0 fully saturated rings. The maximum absolute atomic E-state index is 13.2. The van der Waals surface area contributed by atoms with E-state index < -0.39 is 17.6 Å². The molecule has 0 aliphatic heterocycles. The Morgan fingerprint density at radius 1 is 0.431 bits per heavy atom. The number of ether oxygens (including phenoxy) is 1. The van der Waals surface area contributed by atoms with Gasteiger partial charge in [0.05, 0.1) is 45.8 Å². The highest BCUT2D eigenvalue weighted by Gasteiger charge is 2.31. The van der Waals surface area contributed by atoms with Gasteiger partial charge in [0.2, 0.25) is 17.8 Å². The first-order chi connectivity index (χ1) is 56.4. The minimum atomic E-state index is -4.52. The summed E-state index contributed by atoms with van der Waals surface area (Å²) < 4.78 is 51.0. The standard InChI is InChI=1S/C34H37F3N8O.C28H37N7.C27H35N7O/c1-4-44(5-2)18-9-8-17-38-30-21-31(40-22-39-30)45-29-14-7-6-13-27(29)42-33(45)43-28-19-24(16-15-23(28)3)32(46)41-26-12-10-11-25(20-26)34(35,36)37;1-5-22-15-14-21(4)24(18-22)33-28-32-23-12-8-9-13-25(23)35(28)27-19-26(30-20-31-27)29-16-10-11-17-34(6-2)7-3;1-5-33(6-2)14-10-9-13-28-25-18-26(30-19-29-25)34-24-12-8-7-11-23(24)32-27(34)31-21-15-20(3)16-22(17-21)35-4/h6-7,10-16,19-22H,4-5,8-9,17-18H2,1-3H3,(H,41,46)(H,42,43)(H,38,39,40);8-9,12-15,18-20H,5-7,10-11,16-17H2,1-4H3,(H,32,33)(H,29,30,31);7-8,11-12,15-19H,5-6,9-10,13-14H2,1-4H3,(H,31,32)(H,28,29,30). The molecular weight excluding hydrogens is 1470 g/mol. The molecule has 7 N–H and O–H groups in total. The molecule has 0 saturated heterocycles. The molecule has 0 spiro atoms. The quantitative estimate of drug-likeness (QED) is 0.0179. The Hall–Kier alpha value is -12.1. The summed E-state index contributed by atoms with van der Waals surface area (Å²) >= 11 is 0. The molecule has 0 aliphatic carbocycles. The summed E-state index contributed by atoms with van der Waals surface area (Å²) in [6.07, 6.45) is 7.81. The predicted octanol–water partition coefficient (Wildman–Crippen LogP) is 19.0. The van der Waals surface area contributed by atoms with Gasteiger partial charge in [0, 0.05) is 72.2 Å². The average molecular weight is 1580 g/mol. The molecule has 7 aromatic carbocycles. The van der Waals surface area contributed by atoms with Crippen molar-refractivity contribution in [1.82, 2.24) is 73.3 Å². The lowest BCUT2D eigenvalue weighted by Gasteiger charge is -2.17. The van der Waals surface area contributed by atoms with Crippen molar-refractivity contribution in [2.75, 3.05) is 123 Å². The van der Waals surface area contributed by atoms with Gasteiger partial charge in [-0.2, -0.15) is 13.2 Å². The lowest BCUT2D eigenvalue weighted by atomic mass is 10.1. The monoisotopic (exact) mass is 1570 g/mol. The van der Waals surface area contributed by atoms with E-state index in [2.05, 4.69) is 172 Å². The molecular formula is C89H109F3N22O2. The van der Waals surface area contributed by atoms with Crippen LogP contribution in [0.1, 0.15) is 125 Å². The first-order valence-electron chi connectivity index (χ1n) is 40.3. The number of hydrogen-bond acceptors (Lipinski definition) is 20. The van der Waals surface area contributed by atoms with Gasteiger partial charge < -0.3 is 56.7 Å². The highest BCUT2D eigenvalue weighted by atomic mass is 19.4. The second-order valence-electron chi connectivity index (χ2n) is 28.2. The maximum Gasteiger partial charge on any atom is 0.416 e. The van der Waals surface area contributed by atoms with E-state index in [1.807, 2.05) is 120 Å². The number of benzene rings is 7. The third-order valence-electron chi connectivity index (χ3n) is 20.3. The number of halogens is 3. The van der Waals surface area contributed by atoms with Crippen LogP contribution >= 0.6 is 0 Å². The number of nitrogens with one attached hydrogen (secondary N) is 7. The highest BCUT2D eigenvalue weighted by molar-refractivity contribution is 6.05. The summed E-state index contributed by atoms with van der Waals surface area (Å²) in [5, 5.41) is 23.3. The molecule has 13 rings (SSSR count). The van der Waals surface area contributed by atoms with Crippen molar-refractivity contribution in [3.63, 3.8) is 0 Å². The van der Waals surface area contributed by atoms with E-state index in [0.717, 1.165) is 220 Å². The van der Waals surface area contributed by atoms with Crippen LogP contribution in [0.3, 0.4) is 0 Å². The molecule has 116 heavy (non-hydrogen) atoms. The summed E-state index contributed by atoms with van der Waals surface area (Å²) in [4.78, 5) is 62.0. The first kappa shape index (κ1) is 84.8. The van der Waals surface area contributed by atoms with E-state index >= 15 is 0 Å². The van der Waals surface area contributed by atoms with E-state index in [-0.39, 0.29) is 11.3 Å². The van der Waals surface area contributed by atoms with E-state index in [1.165, 1.54) is 36.0 Å². The van der Waals surface area contributed by atoms with Crippen molar-refractivity contribution < 1.29 is 22.7 Å². The number of rotatable bonds is 37. The summed E-state index contributed by atoms with van der Waals surface area (Å²) in [6.45, 7) is 33.8. The van der Waals surface area contributed by atoms with Gasteiger partial charge in [-0.15, -0.1) is 0 Å². The average Bonchev–Trinajstić information content (AvgIpc) is 1.64. The third-order valence-corrected chi connectivity index (χ3v) is 20.3. The van der Waals surface area contributed by atoms with Crippen LogP contribution < -0.4 is 42.0 Å². The van der Waals surface area contributed by atoms with Crippen LogP contribution in [0.4, 0.5) is 71.2 Å².